The zero-order valence-corrected chi connectivity index (χ0v) is 12.4. The number of nitrogens with two attached hydrogens (primary N) is 1. The Balaban J connectivity index is 2.10. The molecule has 0 aliphatic carbocycles. The van der Waals surface area contributed by atoms with Gasteiger partial charge in [-0.3, -0.25) is 4.79 Å². The molecule has 0 spiro atoms. The lowest BCUT2D eigenvalue weighted by Gasteiger charge is -2.14. The monoisotopic (exact) mass is 336 g/mol. The SMILES string of the molecule is CC(NC(=O)c1ccc(N)c(Br)c1)c1ccc(F)cc1. The Morgan fingerprint density at radius 2 is 1.90 bits per heavy atom. The van der Waals surface area contributed by atoms with E-state index in [4.69, 9.17) is 5.73 Å². The van der Waals surface area contributed by atoms with Crippen LogP contribution in [0.2, 0.25) is 0 Å². The van der Waals surface area contributed by atoms with E-state index < -0.39 is 0 Å². The Kier molecular flexibility index (Phi) is 4.39. The van der Waals surface area contributed by atoms with Gasteiger partial charge < -0.3 is 11.1 Å². The van der Waals surface area contributed by atoms with Gasteiger partial charge in [-0.05, 0) is 58.7 Å². The fraction of sp³-hybridized carbons (Fsp3) is 0.133. The topological polar surface area (TPSA) is 55.1 Å². The van der Waals surface area contributed by atoms with Crippen LogP contribution in [0.5, 0.6) is 0 Å². The minimum absolute atomic E-state index is 0.206. The summed E-state index contributed by atoms with van der Waals surface area (Å²) in [5.74, 6) is -0.503. The highest BCUT2D eigenvalue weighted by molar-refractivity contribution is 9.10. The van der Waals surface area contributed by atoms with Gasteiger partial charge in [0.05, 0.1) is 6.04 Å². The first kappa shape index (κ1) is 14.5. The molecule has 2 rings (SSSR count). The Hall–Kier alpha value is -1.88. The highest BCUT2D eigenvalue weighted by Gasteiger charge is 2.12. The van der Waals surface area contributed by atoms with Crippen molar-refractivity contribution in [1.82, 2.24) is 5.32 Å². The summed E-state index contributed by atoms with van der Waals surface area (Å²) in [6.07, 6.45) is 0. The number of nitrogens with one attached hydrogen (secondary N) is 1. The molecule has 20 heavy (non-hydrogen) atoms. The van der Waals surface area contributed by atoms with Crippen LogP contribution in [0, 0.1) is 5.82 Å². The fourth-order valence-electron chi connectivity index (χ4n) is 1.78. The van der Waals surface area contributed by atoms with E-state index in [2.05, 4.69) is 21.2 Å². The largest absolute Gasteiger partial charge is 0.398 e. The van der Waals surface area contributed by atoms with Crippen molar-refractivity contribution in [2.75, 3.05) is 5.73 Å². The summed E-state index contributed by atoms with van der Waals surface area (Å²) in [4.78, 5) is 12.1. The number of amides is 1. The molecule has 0 aliphatic heterocycles. The molecule has 0 bridgehead atoms. The summed E-state index contributed by atoms with van der Waals surface area (Å²) in [5.41, 5.74) is 7.61. The second kappa shape index (κ2) is 6.05. The Morgan fingerprint density at radius 3 is 2.50 bits per heavy atom. The molecule has 3 N–H and O–H groups in total. The summed E-state index contributed by atoms with van der Waals surface area (Å²) in [6, 6.07) is 10.8. The van der Waals surface area contributed by atoms with E-state index in [0.717, 1.165) is 5.56 Å². The van der Waals surface area contributed by atoms with E-state index in [1.165, 1.54) is 12.1 Å². The zero-order chi connectivity index (χ0) is 14.7. The van der Waals surface area contributed by atoms with Crippen LogP contribution in [0.3, 0.4) is 0 Å². The van der Waals surface area contributed by atoms with Crippen LogP contribution in [0.15, 0.2) is 46.9 Å². The average Bonchev–Trinajstić information content (AvgIpc) is 2.42. The van der Waals surface area contributed by atoms with Crippen molar-refractivity contribution >= 4 is 27.5 Å². The Labute approximate surface area is 125 Å². The van der Waals surface area contributed by atoms with Crippen LogP contribution in [-0.2, 0) is 0 Å². The van der Waals surface area contributed by atoms with Gasteiger partial charge in [0.25, 0.3) is 5.91 Å². The van der Waals surface area contributed by atoms with Crippen molar-refractivity contribution < 1.29 is 9.18 Å². The van der Waals surface area contributed by atoms with E-state index in [1.54, 1.807) is 30.3 Å². The van der Waals surface area contributed by atoms with Gasteiger partial charge in [-0.25, -0.2) is 4.39 Å². The molecule has 0 heterocycles. The van der Waals surface area contributed by atoms with Crippen LogP contribution in [0.4, 0.5) is 10.1 Å². The second-order valence-corrected chi connectivity index (χ2v) is 5.34. The second-order valence-electron chi connectivity index (χ2n) is 4.48. The van der Waals surface area contributed by atoms with Crippen LogP contribution < -0.4 is 11.1 Å². The predicted octanol–water partition coefficient (Wildman–Crippen LogP) is 3.66. The highest BCUT2D eigenvalue weighted by atomic mass is 79.9. The van der Waals surface area contributed by atoms with E-state index in [9.17, 15) is 9.18 Å². The molecule has 0 saturated heterocycles. The van der Waals surface area contributed by atoms with Crippen molar-refractivity contribution in [3.63, 3.8) is 0 Å². The van der Waals surface area contributed by atoms with E-state index in [-0.39, 0.29) is 17.8 Å². The Bertz CT molecular complexity index is 628. The van der Waals surface area contributed by atoms with Gasteiger partial charge >= 0.3 is 0 Å². The van der Waals surface area contributed by atoms with Crippen molar-refractivity contribution in [3.8, 4) is 0 Å². The molecule has 1 amide bonds. The van der Waals surface area contributed by atoms with E-state index >= 15 is 0 Å². The molecule has 0 fully saturated rings. The summed E-state index contributed by atoms with van der Waals surface area (Å²) in [7, 11) is 0. The zero-order valence-electron chi connectivity index (χ0n) is 10.9. The maximum Gasteiger partial charge on any atom is 0.251 e. The summed E-state index contributed by atoms with van der Waals surface area (Å²) in [5, 5.41) is 2.86. The van der Waals surface area contributed by atoms with Gasteiger partial charge in [-0.1, -0.05) is 12.1 Å². The number of hydrogen-bond donors (Lipinski definition) is 2. The van der Waals surface area contributed by atoms with E-state index in [1.807, 2.05) is 6.92 Å². The predicted molar refractivity (Wildman–Crippen MR) is 80.8 cm³/mol. The lowest BCUT2D eigenvalue weighted by Crippen LogP contribution is -2.26. The summed E-state index contributed by atoms with van der Waals surface area (Å²) in [6.45, 7) is 1.84. The van der Waals surface area contributed by atoms with Crippen molar-refractivity contribution in [3.05, 3.63) is 63.9 Å². The first-order valence-corrected chi connectivity index (χ1v) is 6.88. The van der Waals surface area contributed by atoms with Crippen LogP contribution in [0.1, 0.15) is 28.9 Å². The summed E-state index contributed by atoms with van der Waals surface area (Å²) >= 11 is 3.29. The van der Waals surface area contributed by atoms with Gasteiger partial charge in [-0.15, -0.1) is 0 Å². The highest BCUT2D eigenvalue weighted by Crippen LogP contribution is 2.21. The number of carbonyl (C=O) groups is 1. The lowest BCUT2D eigenvalue weighted by atomic mass is 10.1. The molecule has 2 aromatic carbocycles. The van der Waals surface area contributed by atoms with Gasteiger partial charge in [0.1, 0.15) is 5.82 Å². The molecule has 0 saturated carbocycles. The van der Waals surface area contributed by atoms with Gasteiger partial charge in [0, 0.05) is 15.7 Å². The first-order chi connectivity index (χ1) is 9.47. The molecule has 2 aromatic rings. The quantitative estimate of drug-likeness (QED) is 0.840. The smallest absolute Gasteiger partial charge is 0.251 e. The molecule has 0 radical (unpaired) electrons. The van der Waals surface area contributed by atoms with Crippen molar-refractivity contribution in [2.45, 2.75) is 13.0 Å². The number of benzene rings is 2. The number of halogens is 2. The number of rotatable bonds is 3. The molecule has 5 heteroatoms. The van der Waals surface area contributed by atoms with Gasteiger partial charge in [0.2, 0.25) is 0 Å². The van der Waals surface area contributed by atoms with Gasteiger partial charge in [0.15, 0.2) is 0 Å². The molecular weight excluding hydrogens is 323 g/mol. The first-order valence-electron chi connectivity index (χ1n) is 6.08. The number of carbonyl (C=O) groups excluding carboxylic acids is 1. The van der Waals surface area contributed by atoms with Gasteiger partial charge in [-0.2, -0.15) is 0 Å². The lowest BCUT2D eigenvalue weighted by molar-refractivity contribution is 0.0940. The molecule has 0 aliphatic rings. The Morgan fingerprint density at radius 1 is 1.25 bits per heavy atom. The minimum Gasteiger partial charge on any atom is -0.398 e. The minimum atomic E-state index is -0.297. The average molecular weight is 337 g/mol. The van der Waals surface area contributed by atoms with Crippen LogP contribution in [0.25, 0.3) is 0 Å². The fourth-order valence-corrected chi connectivity index (χ4v) is 2.16. The number of nitrogen functional groups attached to an aromatic ring is 1. The molecule has 3 nitrogen and oxygen atoms in total. The third-order valence-electron chi connectivity index (χ3n) is 2.98. The molecular formula is C15H14BrFN2O. The van der Waals surface area contributed by atoms with Crippen LogP contribution in [-0.4, -0.2) is 5.91 Å². The molecule has 104 valence electrons. The third kappa shape index (κ3) is 3.36. The normalized spacial score (nSPS) is 11.9. The van der Waals surface area contributed by atoms with Crippen molar-refractivity contribution in [2.24, 2.45) is 0 Å². The number of hydrogen-bond acceptors (Lipinski definition) is 2. The van der Waals surface area contributed by atoms with E-state index in [0.29, 0.717) is 15.7 Å². The molecule has 1 atom stereocenters. The maximum atomic E-state index is 12.9. The molecule has 1 unspecified atom stereocenters. The maximum absolute atomic E-state index is 12.9. The standard InChI is InChI=1S/C15H14BrFN2O/c1-9(10-2-5-12(17)6-3-10)19-15(20)11-4-7-14(18)13(16)8-11/h2-9H,18H2,1H3,(H,19,20). The van der Waals surface area contributed by atoms with Crippen LogP contribution >= 0.6 is 15.9 Å². The van der Waals surface area contributed by atoms with Crippen molar-refractivity contribution in [1.29, 1.82) is 0 Å². The number of anilines is 1. The summed E-state index contributed by atoms with van der Waals surface area (Å²) < 4.78 is 13.5. The molecule has 0 aromatic heterocycles. The third-order valence-corrected chi connectivity index (χ3v) is 3.67.